The molecule has 0 bridgehead atoms. The Morgan fingerprint density at radius 1 is 0.974 bits per heavy atom. The van der Waals surface area contributed by atoms with Crippen molar-refractivity contribution in [3.8, 4) is 11.6 Å². The largest absolute Gasteiger partial charge is 0.470 e. The Labute approximate surface area is 218 Å². The van der Waals surface area contributed by atoms with Crippen molar-refractivity contribution in [3.63, 3.8) is 0 Å². The van der Waals surface area contributed by atoms with Crippen molar-refractivity contribution in [3.05, 3.63) is 53.3 Å². The van der Waals surface area contributed by atoms with Gasteiger partial charge in [0.1, 0.15) is 12.3 Å². The number of anilines is 1. The molecule has 0 aliphatic carbocycles. The van der Waals surface area contributed by atoms with Crippen molar-refractivity contribution in [2.24, 2.45) is 0 Å². The molecule has 3 aromatic rings. The fourth-order valence-corrected chi connectivity index (χ4v) is 4.44. The van der Waals surface area contributed by atoms with E-state index < -0.39 is 6.43 Å². The summed E-state index contributed by atoms with van der Waals surface area (Å²) in [7, 11) is 0. The molecule has 4 heterocycles. The van der Waals surface area contributed by atoms with Crippen molar-refractivity contribution in [2.75, 3.05) is 63.9 Å². The molecule has 0 radical (unpaired) electrons. The van der Waals surface area contributed by atoms with Crippen molar-refractivity contribution < 1.29 is 23.0 Å². The molecule has 202 valence electrons. The van der Waals surface area contributed by atoms with Crippen LogP contribution in [-0.2, 0) is 16.1 Å². The minimum Gasteiger partial charge on any atom is -0.470 e. The first-order chi connectivity index (χ1) is 18.5. The zero-order valence-corrected chi connectivity index (χ0v) is 21.2. The molecule has 13 heteroatoms. The number of carbonyl (C=O) groups is 1. The Kier molecular flexibility index (Phi) is 8.03. The van der Waals surface area contributed by atoms with Gasteiger partial charge in [0.15, 0.2) is 5.82 Å². The van der Waals surface area contributed by atoms with Gasteiger partial charge in [-0.2, -0.15) is 0 Å². The third kappa shape index (κ3) is 6.05. The molecular weight excluding hydrogens is 498 g/mol. The highest BCUT2D eigenvalue weighted by Gasteiger charge is 2.25. The van der Waals surface area contributed by atoms with Gasteiger partial charge in [-0.15, -0.1) is 15.3 Å². The molecule has 38 heavy (non-hydrogen) atoms. The molecule has 2 aromatic heterocycles. The second-order valence-corrected chi connectivity index (χ2v) is 9.20. The van der Waals surface area contributed by atoms with Crippen LogP contribution in [0.1, 0.15) is 23.4 Å². The normalized spacial score (nSPS) is 16.9. The molecule has 2 aliphatic rings. The zero-order valence-electron chi connectivity index (χ0n) is 21.2. The molecule has 1 aromatic carbocycles. The fraction of sp³-hybridized carbons (Fsp3) is 0.480. The van der Waals surface area contributed by atoms with E-state index in [0.717, 1.165) is 32.8 Å². The lowest BCUT2D eigenvalue weighted by Gasteiger charge is -2.36. The molecular formula is C25H30F2N8O3. The molecule has 1 amide bonds. The number of ether oxygens (including phenoxy) is 2. The van der Waals surface area contributed by atoms with Crippen molar-refractivity contribution in [1.82, 2.24) is 35.0 Å². The smallest absolute Gasteiger partial charge is 0.263 e. The number of carbonyl (C=O) groups excluding carboxylic acids is 1. The lowest BCUT2D eigenvalue weighted by molar-refractivity contribution is -0.131. The van der Waals surface area contributed by atoms with Crippen LogP contribution >= 0.6 is 0 Å². The highest BCUT2D eigenvalue weighted by atomic mass is 19.3. The summed E-state index contributed by atoms with van der Waals surface area (Å²) in [5.74, 6) is 0.995. The number of aryl methyl sites for hydroxylation is 1. The number of aromatic nitrogens is 5. The fourth-order valence-electron chi connectivity index (χ4n) is 4.44. The molecule has 2 fully saturated rings. The predicted octanol–water partition coefficient (Wildman–Crippen LogP) is 1.86. The highest BCUT2D eigenvalue weighted by molar-refractivity contribution is 5.82. The maximum Gasteiger partial charge on any atom is 0.263 e. The van der Waals surface area contributed by atoms with E-state index in [1.807, 2.05) is 9.80 Å². The van der Waals surface area contributed by atoms with Gasteiger partial charge in [0.2, 0.25) is 11.8 Å². The number of hydrogen-bond donors (Lipinski definition) is 0. The first-order valence-electron chi connectivity index (χ1n) is 12.6. The van der Waals surface area contributed by atoms with Crippen LogP contribution in [0.2, 0.25) is 0 Å². The first kappa shape index (κ1) is 25.9. The molecule has 5 rings (SSSR count). The van der Waals surface area contributed by atoms with E-state index in [1.165, 1.54) is 12.1 Å². The van der Waals surface area contributed by atoms with Crippen molar-refractivity contribution >= 4 is 11.7 Å². The van der Waals surface area contributed by atoms with E-state index in [2.05, 4.69) is 25.4 Å². The van der Waals surface area contributed by atoms with Crippen LogP contribution in [0.5, 0.6) is 5.88 Å². The number of halogens is 2. The van der Waals surface area contributed by atoms with Gasteiger partial charge >= 0.3 is 0 Å². The molecule has 2 aliphatic heterocycles. The predicted molar refractivity (Wildman–Crippen MR) is 133 cm³/mol. The van der Waals surface area contributed by atoms with E-state index in [-0.39, 0.29) is 24.6 Å². The van der Waals surface area contributed by atoms with Gasteiger partial charge in [-0.1, -0.05) is 17.3 Å². The molecule has 11 nitrogen and oxygen atoms in total. The zero-order chi connectivity index (χ0) is 26.5. The van der Waals surface area contributed by atoms with Crippen LogP contribution in [0.3, 0.4) is 0 Å². The Morgan fingerprint density at radius 2 is 1.76 bits per heavy atom. The number of benzene rings is 1. The van der Waals surface area contributed by atoms with Crippen molar-refractivity contribution in [1.29, 1.82) is 0 Å². The quantitative estimate of drug-likeness (QED) is 0.412. The molecule has 0 atom stereocenters. The number of morpholine rings is 1. The SMILES string of the molecule is Cc1nnn(-c2ccc(C(F)F)cc2)c1COc1ccc(N2CCN(CCN3CCOCC3)C(=O)C2)nn1. The molecule has 0 N–H and O–H groups in total. The maximum absolute atomic E-state index is 12.9. The van der Waals surface area contributed by atoms with Gasteiger partial charge in [-0.25, -0.2) is 13.5 Å². The molecule has 0 unspecified atom stereocenters. The summed E-state index contributed by atoms with van der Waals surface area (Å²) in [6.07, 6.45) is -2.53. The van der Waals surface area contributed by atoms with Crippen LogP contribution < -0.4 is 9.64 Å². The van der Waals surface area contributed by atoms with Crippen LogP contribution in [0.4, 0.5) is 14.6 Å². The lowest BCUT2D eigenvalue weighted by Crippen LogP contribution is -2.53. The van der Waals surface area contributed by atoms with E-state index >= 15 is 0 Å². The number of nitrogens with zero attached hydrogens (tertiary/aromatic N) is 8. The van der Waals surface area contributed by atoms with Crippen LogP contribution in [0.15, 0.2) is 36.4 Å². The minimum atomic E-state index is -2.53. The summed E-state index contributed by atoms with van der Waals surface area (Å²) in [6.45, 7) is 8.36. The number of amides is 1. The third-order valence-corrected chi connectivity index (χ3v) is 6.76. The monoisotopic (exact) mass is 528 g/mol. The molecule has 0 saturated carbocycles. The average molecular weight is 529 g/mol. The second kappa shape index (κ2) is 11.8. The van der Waals surface area contributed by atoms with Crippen molar-refractivity contribution in [2.45, 2.75) is 20.0 Å². The summed E-state index contributed by atoms with van der Waals surface area (Å²) in [4.78, 5) is 18.8. The Balaban J connectivity index is 1.15. The van der Waals surface area contributed by atoms with Gasteiger partial charge in [0.05, 0.1) is 31.1 Å². The van der Waals surface area contributed by atoms with Crippen LogP contribution in [0, 0.1) is 6.92 Å². The van der Waals surface area contributed by atoms with E-state index in [4.69, 9.17) is 9.47 Å². The Morgan fingerprint density at radius 3 is 2.45 bits per heavy atom. The maximum atomic E-state index is 12.9. The van der Waals surface area contributed by atoms with Crippen LogP contribution in [0.25, 0.3) is 5.69 Å². The first-order valence-corrected chi connectivity index (χ1v) is 12.6. The Bertz CT molecular complexity index is 1220. The summed E-state index contributed by atoms with van der Waals surface area (Å²) in [5.41, 5.74) is 1.86. The summed E-state index contributed by atoms with van der Waals surface area (Å²) in [6, 6.07) is 9.35. The highest BCUT2D eigenvalue weighted by Crippen LogP contribution is 2.22. The molecule has 0 spiro atoms. The van der Waals surface area contributed by atoms with E-state index in [0.29, 0.717) is 48.4 Å². The van der Waals surface area contributed by atoms with Gasteiger partial charge in [-0.05, 0) is 25.1 Å². The molecule has 2 saturated heterocycles. The number of hydrogen-bond acceptors (Lipinski definition) is 9. The third-order valence-electron chi connectivity index (χ3n) is 6.76. The summed E-state index contributed by atoms with van der Waals surface area (Å²) >= 11 is 0. The number of alkyl halides is 2. The van der Waals surface area contributed by atoms with Gasteiger partial charge in [0.25, 0.3) is 6.43 Å². The van der Waals surface area contributed by atoms with E-state index in [1.54, 1.807) is 35.9 Å². The van der Waals surface area contributed by atoms with E-state index in [9.17, 15) is 13.6 Å². The average Bonchev–Trinajstić information content (AvgIpc) is 3.32. The van der Waals surface area contributed by atoms with Gasteiger partial charge in [0, 0.05) is 50.9 Å². The second-order valence-electron chi connectivity index (χ2n) is 9.20. The van der Waals surface area contributed by atoms with Crippen LogP contribution in [-0.4, -0.2) is 99.9 Å². The number of rotatable bonds is 9. The summed E-state index contributed by atoms with van der Waals surface area (Å²) in [5, 5.41) is 16.6. The Hall–Kier alpha value is -3.71. The number of piperazine rings is 1. The minimum absolute atomic E-state index is 0.0603. The lowest BCUT2D eigenvalue weighted by atomic mass is 10.2. The topological polar surface area (TPSA) is 102 Å². The van der Waals surface area contributed by atoms with Gasteiger partial charge in [-0.3, -0.25) is 9.69 Å². The van der Waals surface area contributed by atoms with Gasteiger partial charge < -0.3 is 19.3 Å². The standard InChI is InChI=1S/C25H30F2N8O3/c1-18-21(35(31-28-18)20-4-2-19(3-5-20)25(26)27)17-38-23-7-6-22(29-30-23)34-11-10-33(24(36)16-34)9-8-32-12-14-37-15-13-32/h2-7,25H,8-17H2,1H3. The summed E-state index contributed by atoms with van der Waals surface area (Å²) < 4.78 is 38.5.